The maximum Gasteiger partial charge on any atom is 0.429 e. The average Bonchev–Trinajstić information content (AvgIpc) is 2.78. The van der Waals surface area contributed by atoms with Gasteiger partial charge in [-0.15, -0.1) is 0 Å². The summed E-state index contributed by atoms with van der Waals surface area (Å²) in [6, 6.07) is 4.75. The number of benzene rings is 1. The van der Waals surface area contributed by atoms with Crippen LogP contribution in [-0.2, 0) is 10.8 Å². The lowest BCUT2D eigenvalue weighted by Crippen LogP contribution is -2.24. The van der Waals surface area contributed by atoms with E-state index in [-0.39, 0.29) is 18.3 Å². The van der Waals surface area contributed by atoms with Gasteiger partial charge in [-0.1, -0.05) is 6.92 Å². The van der Waals surface area contributed by atoms with Crippen LogP contribution in [0.25, 0.3) is 0 Å². The largest absolute Gasteiger partial charge is 0.491 e. The SMILES string of the molecule is CCCOCC1CCC(c2ccc(OC(F)(F)c3ccc(OCC)c(F)c3F)cn2)CC1. The van der Waals surface area contributed by atoms with E-state index >= 15 is 0 Å². The molecule has 32 heavy (non-hydrogen) atoms. The predicted molar refractivity (Wildman–Crippen MR) is 112 cm³/mol. The van der Waals surface area contributed by atoms with E-state index in [0.717, 1.165) is 63.1 Å². The minimum absolute atomic E-state index is 0.0783. The van der Waals surface area contributed by atoms with Crippen molar-refractivity contribution in [2.45, 2.75) is 58.0 Å². The Labute approximate surface area is 185 Å². The second-order valence-electron chi connectivity index (χ2n) is 8.00. The molecule has 1 saturated carbocycles. The van der Waals surface area contributed by atoms with Crippen molar-refractivity contribution in [2.75, 3.05) is 19.8 Å². The van der Waals surface area contributed by atoms with Gasteiger partial charge in [-0.25, -0.2) is 4.39 Å². The Morgan fingerprint density at radius 3 is 2.38 bits per heavy atom. The van der Waals surface area contributed by atoms with Crippen LogP contribution in [-0.4, -0.2) is 24.8 Å². The van der Waals surface area contributed by atoms with Crippen molar-refractivity contribution in [3.63, 3.8) is 0 Å². The van der Waals surface area contributed by atoms with Crippen LogP contribution >= 0.6 is 0 Å². The maximum absolute atomic E-state index is 14.5. The molecule has 0 atom stereocenters. The van der Waals surface area contributed by atoms with Crippen LogP contribution in [0.2, 0.25) is 0 Å². The fourth-order valence-electron chi connectivity index (χ4n) is 3.94. The lowest BCUT2D eigenvalue weighted by atomic mass is 9.80. The summed E-state index contributed by atoms with van der Waals surface area (Å²) >= 11 is 0. The van der Waals surface area contributed by atoms with E-state index in [1.54, 1.807) is 13.0 Å². The Bertz CT molecular complexity index is 868. The molecule has 0 spiro atoms. The van der Waals surface area contributed by atoms with Crippen LogP contribution in [0.15, 0.2) is 30.5 Å². The molecule has 0 radical (unpaired) electrons. The van der Waals surface area contributed by atoms with Crippen molar-refractivity contribution in [1.82, 2.24) is 4.98 Å². The first kappa shape index (κ1) is 24.3. The number of ether oxygens (including phenoxy) is 3. The summed E-state index contributed by atoms with van der Waals surface area (Å²) in [6.07, 6.45) is 2.12. The van der Waals surface area contributed by atoms with Crippen molar-refractivity contribution >= 4 is 0 Å². The molecule has 0 unspecified atom stereocenters. The Morgan fingerprint density at radius 2 is 1.75 bits per heavy atom. The van der Waals surface area contributed by atoms with Gasteiger partial charge in [0.1, 0.15) is 11.3 Å². The number of hydrogen-bond donors (Lipinski definition) is 0. The van der Waals surface area contributed by atoms with Crippen molar-refractivity contribution in [3.8, 4) is 11.5 Å². The van der Waals surface area contributed by atoms with Gasteiger partial charge < -0.3 is 14.2 Å². The molecule has 176 valence electrons. The zero-order chi connectivity index (χ0) is 23.1. The number of halogens is 4. The first-order valence-electron chi connectivity index (χ1n) is 11.1. The number of pyridine rings is 1. The van der Waals surface area contributed by atoms with Crippen LogP contribution in [0.1, 0.15) is 63.1 Å². The molecule has 8 heteroatoms. The molecule has 1 fully saturated rings. The minimum Gasteiger partial charge on any atom is -0.491 e. The Balaban J connectivity index is 1.61. The zero-order valence-corrected chi connectivity index (χ0v) is 18.4. The zero-order valence-electron chi connectivity index (χ0n) is 18.4. The second kappa shape index (κ2) is 11.0. The van der Waals surface area contributed by atoms with Gasteiger partial charge in [-0.3, -0.25) is 4.98 Å². The molecule has 3 rings (SSSR count). The monoisotopic (exact) mass is 455 g/mol. The van der Waals surface area contributed by atoms with Crippen LogP contribution < -0.4 is 9.47 Å². The summed E-state index contributed by atoms with van der Waals surface area (Å²) in [6.45, 7) is 5.29. The van der Waals surface area contributed by atoms with E-state index in [1.807, 2.05) is 0 Å². The van der Waals surface area contributed by atoms with Crippen molar-refractivity contribution in [1.29, 1.82) is 0 Å². The molecular formula is C24H29F4NO3. The Kier molecular flexibility index (Phi) is 8.34. The Morgan fingerprint density at radius 1 is 1.00 bits per heavy atom. The molecular weight excluding hydrogens is 426 g/mol. The highest BCUT2D eigenvalue weighted by Gasteiger charge is 2.39. The van der Waals surface area contributed by atoms with Gasteiger partial charge in [0.25, 0.3) is 0 Å². The number of nitrogens with zero attached hydrogens (tertiary/aromatic N) is 1. The fourth-order valence-corrected chi connectivity index (χ4v) is 3.94. The fraction of sp³-hybridized carbons (Fsp3) is 0.542. The number of aromatic nitrogens is 1. The van der Waals surface area contributed by atoms with Gasteiger partial charge in [0.2, 0.25) is 5.82 Å². The predicted octanol–water partition coefficient (Wildman–Crippen LogP) is 6.59. The molecule has 0 bridgehead atoms. The molecule has 1 aliphatic rings. The normalized spacial score (nSPS) is 19.1. The third-order valence-corrected chi connectivity index (χ3v) is 5.63. The van der Waals surface area contributed by atoms with E-state index in [2.05, 4.69) is 16.6 Å². The Hall–Kier alpha value is -2.35. The lowest BCUT2D eigenvalue weighted by Gasteiger charge is -2.28. The first-order valence-corrected chi connectivity index (χ1v) is 11.1. The maximum atomic E-state index is 14.5. The summed E-state index contributed by atoms with van der Waals surface area (Å²) in [7, 11) is 0. The smallest absolute Gasteiger partial charge is 0.429 e. The summed E-state index contributed by atoms with van der Waals surface area (Å²) in [4.78, 5) is 4.28. The van der Waals surface area contributed by atoms with E-state index < -0.39 is 29.1 Å². The van der Waals surface area contributed by atoms with Gasteiger partial charge in [0, 0.05) is 24.8 Å². The topological polar surface area (TPSA) is 40.6 Å². The van der Waals surface area contributed by atoms with Gasteiger partial charge >= 0.3 is 6.11 Å². The summed E-state index contributed by atoms with van der Waals surface area (Å²) in [5.41, 5.74) is -0.391. The molecule has 0 aliphatic heterocycles. The van der Waals surface area contributed by atoms with Crippen LogP contribution in [0.3, 0.4) is 0 Å². The lowest BCUT2D eigenvalue weighted by molar-refractivity contribution is -0.187. The number of alkyl halides is 2. The van der Waals surface area contributed by atoms with E-state index in [0.29, 0.717) is 5.92 Å². The standard InChI is InChI=1S/C24H29F4NO3/c1-3-13-30-15-16-5-7-17(8-6-16)20-11-9-18(14-29-20)32-24(27,28)19-10-12-21(31-4-2)23(26)22(19)25/h9-12,14,16-17H,3-8,13,15H2,1-2H3. The first-order chi connectivity index (χ1) is 15.4. The van der Waals surface area contributed by atoms with Gasteiger partial charge in [-0.05, 0) is 69.2 Å². The number of hydrogen-bond acceptors (Lipinski definition) is 4. The quantitative estimate of drug-likeness (QED) is 0.299. The molecule has 0 N–H and O–H groups in total. The molecule has 0 amide bonds. The van der Waals surface area contributed by atoms with Crippen molar-refractivity contribution in [3.05, 3.63) is 53.4 Å². The second-order valence-corrected chi connectivity index (χ2v) is 8.00. The van der Waals surface area contributed by atoms with Crippen LogP contribution in [0.5, 0.6) is 11.5 Å². The molecule has 1 aromatic carbocycles. The van der Waals surface area contributed by atoms with E-state index in [1.165, 1.54) is 12.3 Å². The molecule has 4 nitrogen and oxygen atoms in total. The third-order valence-electron chi connectivity index (χ3n) is 5.63. The van der Waals surface area contributed by atoms with Gasteiger partial charge in [0.05, 0.1) is 12.8 Å². The summed E-state index contributed by atoms with van der Waals surface area (Å²) in [5, 5.41) is 0. The van der Waals surface area contributed by atoms with Crippen LogP contribution in [0, 0.1) is 17.6 Å². The van der Waals surface area contributed by atoms with E-state index in [9.17, 15) is 17.6 Å². The summed E-state index contributed by atoms with van der Waals surface area (Å²) < 4.78 is 72.4. The highest BCUT2D eigenvalue weighted by molar-refractivity contribution is 5.33. The molecule has 0 saturated heterocycles. The average molecular weight is 455 g/mol. The third kappa shape index (κ3) is 5.91. The minimum atomic E-state index is -4.07. The molecule has 2 aromatic rings. The molecule has 1 aliphatic carbocycles. The molecule has 1 heterocycles. The number of rotatable bonds is 10. The highest BCUT2D eigenvalue weighted by Crippen LogP contribution is 2.38. The van der Waals surface area contributed by atoms with Crippen molar-refractivity contribution < 1.29 is 31.8 Å². The van der Waals surface area contributed by atoms with Gasteiger partial charge in [0.15, 0.2) is 11.6 Å². The molecule has 1 aromatic heterocycles. The van der Waals surface area contributed by atoms with Crippen LogP contribution in [0.4, 0.5) is 17.6 Å². The highest BCUT2D eigenvalue weighted by atomic mass is 19.3. The van der Waals surface area contributed by atoms with Crippen molar-refractivity contribution in [2.24, 2.45) is 5.92 Å². The van der Waals surface area contributed by atoms with E-state index in [4.69, 9.17) is 9.47 Å². The van der Waals surface area contributed by atoms with Gasteiger partial charge in [-0.2, -0.15) is 13.2 Å². The summed E-state index contributed by atoms with van der Waals surface area (Å²) in [5.74, 6) is -3.04.